The van der Waals surface area contributed by atoms with Crippen molar-refractivity contribution in [1.82, 2.24) is 8.87 Å². The van der Waals surface area contributed by atoms with E-state index in [1.54, 1.807) is 37.4 Å². The summed E-state index contributed by atoms with van der Waals surface area (Å²) >= 11 is 6.08. The van der Waals surface area contributed by atoms with E-state index < -0.39 is 10.0 Å². The van der Waals surface area contributed by atoms with Crippen molar-refractivity contribution in [3.05, 3.63) is 63.0 Å². The molecule has 6 nitrogen and oxygen atoms in total. The molecule has 1 aromatic heterocycles. The van der Waals surface area contributed by atoms with E-state index in [1.165, 1.54) is 14.9 Å². The molecule has 3 rings (SSSR count). The van der Waals surface area contributed by atoms with Crippen molar-refractivity contribution in [3.8, 4) is 5.75 Å². The van der Waals surface area contributed by atoms with Gasteiger partial charge in [-0.25, -0.2) is 8.42 Å². The maximum absolute atomic E-state index is 12.7. The molecule has 26 heavy (non-hydrogen) atoms. The van der Waals surface area contributed by atoms with E-state index in [9.17, 15) is 13.2 Å². The van der Waals surface area contributed by atoms with Crippen LogP contribution in [0.25, 0.3) is 0 Å². The third-order valence-electron chi connectivity index (χ3n) is 4.58. The summed E-state index contributed by atoms with van der Waals surface area (Å²) in [4.78, 5) is 11.9. The average molecular weight is 397 g/mol. The summed E-state index contributed by atoms with van der Waals surface area (Å²) in [6.07, 6.45) is 0.304. The van der Waals surface area contributed by atoms with Crippen molar-refractivity contribution < 1.29 is 13.2 Å². The summed E-state index contributed by atoms with van der Waals surface area (Å²) in [7, 11) is -1.79. The second kappa shape index (κ2) is 7.42. The Kier molecular flexibility index (Phi) is 5.41. The zero-order valence-electron chi connectivity index (χ0n) is 14.7. The van der Waals surface area contributed by atoms with Gasteiger partial charge in [-0.3, -0.25) is 4.79 Å². The summed E-state index contributed by atoms with van der Waals surface area (Å²) < 4.78 is 34.1. The molecule has 1 aliphatic rings. The predicted octanol–water partition coefficient (Wildman–Crippen LogP) is 2.33. The molecule has 0 aliphatic carbocycles. The highest BCUT2D eigenvalue weighted by Crippen LogP contribution is 2.24. The molecule has 0 radical (unpaired) electrons. The van der Waals surface area contributed by atoms with E-state index in [-0.39, 0.29) is 24.0 Å². The minimum absolute atomic E-state index is 0.135. The molecule has 1 saturated heterocycles. The van der Waals surface area contributed by atoms with Gasteiger partial charge < -0.3 is 9.30 Å². The predicted molar refractivity (Wildman–Crippen MR) is 101 cm³/mol. The van der Waals surface area contributed by atoms with Gasteiger partial charge in [-0.15, -0.1) is 0 Å². The molecule has 8 heteroatoms. The van der Waals surface area contributed by atoms with Crippen LogP contribution in [0.4, 0.5) is 0 Å². The maximum Gasteiger partial charge on any atom is 0.254 e. The van der Waals surface area contributed by atoms with Gasteiger partial charge >= 0.3 is 0 Å². The normalized spacial score (nSPS) is 18.2. The second-order valence-corrected chi connectivity index (χ2v) is 8.84. The molecular formula is C18H21ClN2O4S. The number of hydrogen-bond donors (Lipinski definition) is 0. The largest absolute Gasteiger partial charge is 0.489 e. The molecule has 1 fully saturated rings. The molecule has 1 aromatic carbocycles. The van der Waals surface area contributed by atoms with E-state index in [1.807, 2.05) is 6.92 Å². The Bertz CT molecular complexity index is 971. The highest BCUT2D eigenvalue weighted by molar-refractivity contribution is 7.88. The second-order valence-electron chi connectivity index (χ2n) is 6.46. The van der Waals surface area contributed by atoms with E-state index in [4.69, 9.17) is 16.3 Å². The minimum Gasteiger partial charge on any atom is -0.489 e. The summed E-state index contributed by atoms with van der Waals surface area (Å²) in [5, 5.41) is 0.443. The molecule has 140 valence electrons. The number of rotatable bonds is 5. The van der Waals surface area contributed by atoms with Gasteiger partial charge in [-0.1, -0.05) is 29.8 Å². The van der Waals surface area contributed by atoms with Crippen molar-refractivity contribution in [3.63, 3.8) is 0 Å². The van der Waals surface area contributed by atoms with Crippen LogP contribution in [0.3, 0.4) is 0 Å². The number of halogens is 1. The maximum atomic E-state index is 12.7. The van der Waals surface area contributed by atoms with Crippen LogP contribution in [-0.2, 0) is 22.8 Å². The topological polar surface area (TPSA) is 68.6 Å². The van der Waals surface area contributed by atoms with Gasteiger partial charge in [0, 0.05) is 30.4 Å². The summed E-state index contributed by atoms with van der Waals surface area (Å²) in [6.45, 7) is 2.48. The smallest absolute Gasteiger partial charge is 0.254 e. The van der Waals surface area contributed by atoms with Crippen LogP contribution in [0.15, 0.2) is 41.2 Å². The monoisotopic (exact) mass is 396 g/mol. The van der Waals surface area contributed by atoms with Crippen molar-refractivity contribution in [1.29, 1.82) is 0 Å². The van der Waals surface area contributed by atoms with Crippen LogP contribution in [0.2, 0.25) is 5.02 Å². The number of benzene rings is 1. The molecule has 1 atom stereocenters. The Labute approximate surface area is 158 Å². The average Bonchev–Trinajstić information content (AvgIpc) is 3.04. The molecule has 1 unspecified atom stereocenters. The lowest BCUT2D eigenvalue weighted by molar-refractivity contribution is 0.214. The van der Waals surface area contributed by atoms with Gasteiger partial charge in [0.25, 0.3) is 5.56 Å². The molecule has 2 aromatic rings. The van der Waals surface area contributed by atoms with Crippen molar-refractivity contribution in [2.24, 2.45) is 7.05 Å². The summed E-state index contributed by atoms with van der Waals surface area (Å²) in [5.41, 5.74) is 1.22. The fraction of sp³-hybridized carbons (Fsp3) is 0.389. The number of hydrogen-bond acceptors (Lipinski definition) is 4. The van der Waals surface area contributed by atoms with Crippen LogP contribution in [0.5, 0.6) is 5.75 Å². The number of sulfonamides is 1. The first kappa shape index (κ1) is 18.9. The van der Waals surface area contributed by atoms with Crippen LogP contribution in [-0.4, -0.2) is 36.5 Å². The van der Waals surface area contributed by atoms with Gasteiger partial charge in [0.1, 0.15) is 11.9 Å². The summed E-state index contributed by atoms with van der Waals surface area (Å²) in [5.74, 6) is 0.339. The fourth-order valence-electron chi connectivity index (χ4n) is 2.95. The summed E-state index contributed by atoms with van der Waals surface area (Å²) in [6, 6.07) is 10.1. The number of pyridine rings is 1. The molecule has 0 spiro atoms. The lowest BCUT2D eigenvalue weighted by atomic mass is 10.2. The Hall–Kier alpha value is -1.83. The van der Waals surface area contributed by atoms with E-state index in [0.717, 1.165) is 5.69 Å². The molecule has 1 aliphatic heterocycles. The lowest BCUT2D eigenvalue weighted by Gasteiger charge is -2.18. The van der Waals surface area contributed by atoms with Gasteiger partial charge in [-0.05, 0) is 31.0 Å². The molecule has 0 bridgehead atoms. The van der Waals surface area contributed by atoms with Crippen LogP contribution >= 0.6 is 11.6 Å². The quantitative estimate of drug-likeness (QED) is 0.777. The minimum atomic E-state index is -3.48. The molecule has 0 N–H and O–H groups in total. The molecule has 0 saturated carbocycles. The third kappa shape index (κ3) is 4.11. The SMILES string of the molecule is Cc1cc(OC2CCN(S(=O)(=O)Cc3ccccc3Cl)C2)cc(=O)n1C. The first-order valence-electron chi connectivity index (χ1n) is 8.32. The number of ether oxygens (including phenoxy) is 1. The van der Waals surface area contributed by atoms with Crippen LogP contribution in [0, 0.1) is 6.92 Å². The Morgan fingerprint density at radius 2 is 2.00 bits per heavy atom. The van der Waals surface area contributed by atoms with E-state index in [0.29, 0.717) is 29.3 Å². The number of nitrogens with zero attached hydrogens (tertiary/aromatic N) is 2. The van der Waals surface area contributed by atoms with Crippen LogP contribution < -0.4 is 10.3 Å². The fourth-order valence-corrected chi connectivity index (χ4v) is 4.83. The van der Waals surface area contributed by atoms with Crippen LogP contribution in [0.1, 0.15) is 17.7 Å². The zero-order chi connectivity index (χ0) is 18.9. The highest BCUT2D eigenvalue weighted by Gasteiger charge is 2.33. The Morgan fingerprint density at radius 3 is 2.69 bits per heavy atom. The number of aryl methyl sites for hydroxylation is 1. The lowest BCUT2D eigenvalue weighted by Crippen LogP contribution is -2.32. The van der Waals surface area contributed by atoms with Crippen molar-refractivity contribution in [2.45, 2.75) is 25.2 Å². The van der Waals surface area contributed by atoms with E-state index >= 15 is 0 Å². The Balaban J connectivity index is 1.68. The van der Waals surface area contributed by atoms with Gasteiger partial charge in [-0.2, -0.15) is 4.31 Å². The van der Waals surface area contributed by atoms with Crippen molar-refractivity contribution in [2.75, 3.05) is 13.1 Å². The Morgan fingerprint density at radius 1 is 1.27 bits per heavy atom. The standard InChI is InChI=1S/C18H21ClN2O4S/c1-13-9-16(10-18(22)20(13)2)25-15-7-8-21(11-15)26(23,24)12-14-5-3-4-6-17(14)19/h3-6,9-10,15H,7-8,11-12H2,1-2H3. The molecular weight excluding hydrogens is 376 g/mol. The van der Waals surface area contributed by atoms with E-state index in [2.05, 4.69) is 0 Å². The van der Waals surface area contributed by atoms with Crippen molar-refractivity contribution >= 4 is 21.6 Å². The highest BCUT2D eigenvalue weighted by atomic mass is 35.5. The molecule has 0 amide bonds. The first-order valence-corrected chi connectivity index (χ1v) is 10.3. The molecule has 2 heterocycles. The van der Waals surface area contributed by atoms with Gasteiger partial charge in [0.15, 0.2) is 0 Å². The number of aromatic nitrogens is 1. The zero-order valence-corrected chi connectivity index (χ0v) is 16.3. The van der Waals surface area contributed by atoms with Gasteiger partial charge in [0.2, 0.25) is 10.0 Å². The third-order valence-corrected chi connectivity index (χ3v) is 6.74. The van der Waals surface area contributed by atoms with Gasteiger partial charge in [0.05, 0.1) is 12.3 Å². The first-order chi connectivity index (χ1) is 12.3.